The maximum Gasteiger partial charge on any atom is 0.246 e. The van der Waals surface area contributed by atoms with Crippen LogP contribution in [-0.4, -0.2) is 50.1 Å². The number of carbonyl (C=O) groups is 1. The van der Waals surface area contributed by atoms with Gasteiger partial charge < -0.3 is 19.9 Å². The molecule has 0 aromatic carbocycles. The minimum absolute atomic E-state index is 0.00111. The first-order chi connectivity index (χ1) is 7.87. The van der Waals surface area contributed by atoms with Crippen LogP contribution in [0.15, 0.2) is 0 Å². The largest absolute Gasteiger partial charge is 0.388 e. The number of amides is 1. The highest BCUT2D eigenvalue weighted by Crippen LogP contribution is 2.14. The van der Waals surface area contributed by atoms with Crippen molar-refractivity contribution in [1.29, 1.82) is 0 Å². The zero-order valence-electron chi connectivity index (χ0n) is 11.3. The van der Waals surface area contributed by atoms with Gasteiger partial charge in [0.1, 0.15) is 6.61 Å². The molecule has 0 saturated carbocycles. The van der Waals surface area contributed by atoms with E-state index >= 15 is 0 Å². The second-order valence-electron chi connectivity index (χ2n) is 4.92. The lowest BCUT2D eigenvalue weighted by Crippen LogP contribution is -2.42. The van der Waals surface area contributed by atoms with E-state index in [0.29, 0.717) is 25.6 Å². The summed E-state index contributed by atoms with van der Waals surface area (Å²) in [4.78, 5) is 11.4. The van der Waals surface area contributed by atoms with Gasteiger partial charge in [0.2, 0.25) is 5.91 Å². The molecule has 17 heavy (non-hydrogen) atoms. The van der Waals surface area contributed by atoms with Gasteiger partial charge in [0, 0.05) is 13.7 Å². The van der Waals surface area contributed by atoms with Crippen molar-refractivity contribution in [3.8, 4) is 0 Å². The van der Waals surface area contributed by atoms with Crippen LogP contribution in [0.1, 0.15) is 27.2 Å². The number of nitrogens with one attached hydrogen (secondary N) is 1. The van der Waals surface area contributed by atoms with Crippen LogP contribution in [0.4, 0.5) is 0 Å². The number of hydrogen-bond donors (Lipinski definition) is 2. The number of carbonyl (C=O) groups excluding carboxylic acids is 1. The fourth-order valence-electron chi connectivity index (χ4n) is 1.60. The average Bonchev–Trinajstić information content (AvgIpc) is 2.20. The van der Waals surface area contributed by atoms with E-state index in [1.54, 1.807) is 14.0 Å². The Hall–Kier alpha value is -0.650. The quantitative estimate of drug-likeness (QED) is 0.584. The first-order valence-electron chi connectivity index (χ1n) is 5.93. The van der Waals surface area contributed by atoms with E-state index in [9.17, 15) is 9.90 Å². The van der Waals surface area contributed by atoms with Crippen molar-refractivity contribution >= 4 is 5.91 Å². The van der Waals surface area contributed by atoms with Crippen LogP contribution in [-0.2, 0) is 14.3 Å². The van der Waals surface area contributed by atoms with E-state index in [-0.39, 0.29) is 19.1 Å². The van der Waals surface area contributed by atoms with Gasteiger partial charge in [-0.15, -0.1) is 0 Å². The van der Waals surface area contributed by atoms with Gasteiger partial charge in [-0.25, -0.2) is 0 Å². The standard InChI is InChI=1S/C12H25NO4/c1-10(2)7-12(3,15)9-13-11(14)8-17-6-5-16-4/h10,15H,5-9H2,1-4H3,(H,13,14). The van der Waals surface area contributed by atoms with E-state index in [2.05, 4.69) is 5.32 Å². The summed E-state index contributed by atoms with van der Waals surface area (Å²) in [6.07, 6.45) is 0.651. The first kappa shape index (κ1) is 16.4. The Balaban J connectivity index is 3.68. The van der Waals surface area contributed by atoms with Crippen molar-refractivity contribution < 1.29 is 19.4 Å². The summed E-state index contributed by atoms with van der Waals surface area (Å²) in [5.74, 6) is 0.171. The average molecular weight is 247 g/mol. The molecule has 0 aliphatic carbocycles. The van der Waals surface area contributed by atoms with Gasteiger partial charge in [0.05, 0.1) is 18.8 Å². The SMILES string of the molecule is COCCOCC(=O)NCC(C)(O)CC(C)C. The molecular weight excluding hydrogens is 222 g/mol. The van der Waals surface area contributed by atoms with E-state index in [0.717, 1.165) is 0 Å². The molecule has 0 aliphatic rings. The molecule has 2 N–H and O–H groups in total. The van der Waals surface area contributed by atoms with Crippen LogP contribution in [0, 0.1) is 5.92 Å². The minimum Gasteiger partial charge on any atom is -0.388 e. The van der Waals surface area contributed by atoms with Gasteiger partial charge in [-0.3, -0.25) is 4.79 Å². The molecule has 1 atom stereocenters. The summed E-state index contributed by atoms with van der Waals surface area (Å²) in [5, 5.41) is 12.6. The number of aliphatic hydroxyl groups is 1. The Bertz CT molecular complexity index is 217. The predicted molar refractivity (Wildman–Crippen MR) is 65.8 cm³/mol. The van der Waals surface area contributed by atoms with Crippen molar-refractivity contribution in [3.63, 3.8) is 0 Å². The van der Waals surface area contributed by atoms with E-state index < -0.39 is 5.60 Å². The fourth-order valence-corrected chi connectivity index (χ4v) is 1.60. The maximum atomic E-state index is 11.4. The molecule has 0 aliphatic heterocycles. The summed E-state index contributed by atoms with van der Waals surface area (Å²) >= 11 is 0. The van der Waals surface area contributed by atoms with Gasteiger partial charge >= 0.3 is 0 Å². The molecule has 0 spiro atoms. The second-order valence-corrected chi connectivity index (χ2v) is 4.92. The number of ether oxygens (including phenoxy) is 2. The highest BCUT2D eigenvalue weighted by Gasteiger charge is 2.22. The Labute approximate surface area is 103 Å². The molecule has 1 unspecified atom stereocenters. The summed E-state index contributed by atoms with van der Waals surface area (Å²) < 4.78 is 9.85. The maximum absolute atomic E-state index is 11.4. The van der Waals surface area contributed by atoms with Crippen LogP contribution in [0.25, 0.3) is 0 Å². The normalized spacial score (nSPS) is 14.7. The van der Waals surface area contributed by atoms with Gasteiger partial charge in [-0.1, -0.05) is 13.8 Å². The molecular formula is C12H25NO4. The van der Waals surface area contributed by atoms with Gasteiger partial charge in [0.15, 0.2) is 0 Å². The zero-order valence-corrected chi connectivity index (χ0v) is 11.3. The lowest BCUT2D eigenvalue weighted by atomic mass is 9.94. The Morgan fingerprint density at radius 1 is 1.41 bits per heavy atom. The molecule has 0 aromatic heterocycles. The van der Waals surface area contributed by atoms with Crippen molar-refractivity contribution in [3.05, 3.63) is 0 Å². The molecule has 5 nitrogen and oxygen atoms in total. The van der Waals surface area contributed by atoms with Crippen LogP contribution in [0.2, 0.25) is 0 Å². The lowest BCUT2D eigenvalue weighted by Gasteiger charge is -2.25. The molecule has 5 heteroatoms. The Kier molecular flexibility index (Phi) is 8.12. The highest BCUT2D eigenvalue weighted by atomic mass is 16.5. The summed E-state index contributed by atoms with van der Waals surface area (Å²) in [6, 6.07) is 0. The predicted octanol–water partition coefficient (Wildman–Crippen LogP) is 0.563. The van der Waals surface area contributed by atoms with Crippen LogP contribution in [0.5, 0.6) is 0 Å². The molecule has 0 bridgehead atoms. The van der Waals surface area contributed by atoms with E-state index in [1.807, 2.05) is 13.8 Å². The summed E-state index contributed by atoms with van der Waals surface area (Å²) in [7, 11) is 1.58. The lowest BCUT2D eigenvalue weighted by molar-refractivity contribution is -0.127. The number of methoxy groups -OCH3 is 1. The van der Waals surface area contributed by atoms with Crippen LogP contribution < -0.4 is 5.32 Å². The molecule has 0 rings (SSSR count). The second kappa shape index (κ2) is 8.44. The summed E-state index contributed by atoms with van der Waals surface area (Å²) in [5.41, 5.74) is -0.865. The van der Waals surface area contributed by atoms with E-state index in [1.165, 1.54) is 0 Å². The third kappa shape index (κ3) is 10.2. The third-order valence-corrected chi connectivity index (χ3v) is 2.18. The molecule has 0 heterocycles. The molecule has 1 amide bonds. The highest BCUT2D eigenvalue weighted by molar-refractivity contribution is 5.77. The molecule has 0 aromatic rings. The number of rotatable bonds is 9. The Morgan fingerprint density at radius 3 is 2.59 bits per heavy atom. The van der Waals surface area contributed by atoms with Gasteiger partial charge in [-0.05, 0) is 19.3 Å². The molecule has 102 valence electrons. The van der Waals surface area contributed by atoms with Crippen LogP contribution >= 0.6 is 0 Å². The van der Waals surface area contributed by atoms with Gasteiger partial charge in [0.25, 0.3) is 0 Å². The van der Waals surface area contributed by atoms with Gasteiger partial charge in [-0.2, -0.15) is 0 Å². The minimum atomic E-state index is -0.865. The third-order valence-electron chi connectivity index (χ3n) is 2.18. The molecule has 0 saturated heterocycles. The van der Waals surface area contributed by atoms with Crippen LogP contribution in [0.3, 0.4) is 0 Å². The Morgan fingerprint density at radius 2 is 2.06 bits per heavy atom. The van der Waals surface area contributed by atoms with Crippen molar-refractivity contribution in [2.45, 2.75) is 32.8 Å². The van der Waals surface area contributed by atoms with E-state index in [4.69, 9.17) is 9.47 Å². The first-order valence-corrected chi connectivity index (χ1v) is 5.93. The molecule has 0 fully saturated rings. The zero-order chi connectivity index (χ0) is 13.3. The molecule has 0 radical (unpaired) electrons. The monoisotopic (exact) mass is 247 g/mol. The number of hydrogen-bond acceptors (Lipinski definition) is 4. The van der Waals surface area contributed by atoms with Crippen molar-refractivity contribution in [2.75, 3.05) is 33.5 Å². The van der Waals surface area contributed by atoms with Crippen molar-refractivity contribution in [2.24, 2.45) is 5.92 Å². The fraction of sp³-hybridized carbons (Fsp3) is 0.917. The van der Waals surface area contributed by atoms with Crippen molar-refractivity contribution in [1.82, 2.24) is 5.32 Å². The topological polar surface area (TPSA) is 67.8 Å². The smallest absolute Gasteiger partial charge is 0.246 e. The summed E-state index contributed by atoms with van der Waals surface area (Å²) in [6.45, 7) is 6.90.